The molecule has 0 amide bonds. The van der Waals surface area contributed by atoms with Crippen LogP contribution in [0.5, 0.6) is 0 Å². The van der Waals surface area contributed by atoms with E-state index >= 15 is 0 Å². The van der Waals surface area contributed by atoms with Gasteiger partial charge in [0.1, 0.15) is 0 Å². The molecule has 0 aliphatic heterocycles. The molecule has 0 aromatic heterocycles. The van der Waals surface area contributed by atoms with Gasteiger partial charge in [0, 0.05) is 0 Å². The topological polar surface area (TPSA) is 57.5 Å². The van der Waals surface area contributed by atoms with Crippen molar-refractivity contribution < 1.29 is 15.0 Å². The first-order valence-electron chi connectivity index (χ1n) is 0.855. The van der Waals surface area contributed by atoms with Gasteiger partial charge in [0.2, 0.25) is 0 Å². The van der Waals surface area contributed by atoms with Crippen LogP contribution < -0.4 is 0 Å². The Balaban J connectivity index is -0.0000000480. The van der Waals surface area contributed by atoms with E-state index in [-0.39, 0.29) is 26.2 Å². The van der Waals surface area contributed by atoms with Gasteiger partial charge in [0.25, 0.3) is 0 Å². The van der Waals surface area contributed by atoms with Gasteiger partial charge < -0.3 is 10.2 Å². The van der Waals surface area contributed by atoms with Gasteiger partial charge in [0.05, 0.1) is 0 Å². The summed E-state index contributed by atoms with van der Waals surface area (Å²) in [6, 6.07) is 0. The van der Waals surface area contributed by atoms with Crippen LogP contribution in [0.3, 0.4) is 0 Å². The summed E-state index contributed by atoms with van der Waals surface area (Å²) >= 11 is 0.889. The molecule has 0 radical (unpaired) electrons. The van der Waals surface area contributed by atoms with Crippen LogP contribution in [0.4, 0.5) is 4.79 Å². The molecule has 0 atom stereocenters. The van der Waals surface area contributed by atoms with E-state index in [9.17, 15) is 0 Å². The summed E-state index contributed by atoms with van der Waals surface area (Å²) in [7, 11) is 4.22. The van der Waals surface area contributed by atoms with Crippen LogP contribution in [-0.2, 0) is 0 Å². The monoisotopic (exact) mass is 516 g/mol. The summed E-state index contributed by atoms with van der Waals surface area (Å²) < 4.78 is 0. The minimum atomic E-state index is -1.83. The van der Waals surface area contributed by atoms with Crippen molar-refractivity contribution in [2.45, 2.75) is 0 Å². The van der Waals surface area contributed by atoms with Gasteiger partial charge in [-0.25, -0.2) is 4.79 Å². The van der Waals surface area contributed by atoms with E-state index in [1.54, 1.807) is 0 Å². The Labute approximate surface area is 78.0 Å². The fraction of sp³-hybridized carbons (Fsp3) is 0. The molecule has 2 N–H and O–H groups in total. The summed E-state index contributed by atoms with van der Waals surface area (Å²) in [6.45, 7) is 0. The molecule has 0 spiro atoms. The molecule has 0 unspecified atom stereocenters. The number of carboxylic acid groups (broad SMARTS) is 2. The van der Waals surface area contributed by atoms with Crippen molar-refractivity contribution in [2.24, 2.45) is 0 Å². The molecule has 0 rings (SSSR count). The quantitative estimate of drug-likeness (QED) is 0.408. The molecule has 6 heteroatoms. The normalized spacial score (nSPS) is 4.00. The van der Waals surface area contributed by atoms with Gasteiger partial charge in [-0.15, -0.1) is 0 Å². The maximum absolute atomic E-state index is 8.56. The molecule has 0 saturated heterocycles. The van der Waals surface area contributed by atoms with Crippen molar-refractivity contribution in [1.82, 2.24) is 0 Å². The average Bonchev–Trinajstić information content (AvgIpc) is 1.41. The van der Waals surface area contributed by atoms with Crippen molar-refractivity contribution >= 4 is 63.9 Å². The predicted molar refractivity (Wildman–Crippen MR) is 35.3 cm³/mol. The standard InChI is InChI=1S/CH2O3.2Bi.S.4H/c2-1(3)4;;;;;;;/h(H2,2,3,4);;;;;;;. The second-order valence-corrected chi connectivity index (χ2v) is 0.283. The second-order valence-electron chi connectivity index (χ2n) is 0.283. The number of carbonyl (C=O) groups is 1. The SMILES string of the molecule is O=C(O)O.[BiH3].[S]=[BiH]. The van der Waals surface area contributed by atoms with E-state index in [0.717, 1.165) is 22.7 Å². The summed E-state index contributed by atoms with van der Waals surface area (Å²) in [5, 5.41) is 13.9. The molecule has 0 heterocycles. The first-order valence-corrected chi connectivity index (χ1v) is 6.02. The van der Waals surface area contributed by atoms with Crippen molar-refractivity contribution in [3.63, 3.8) is 0 Å². The third-order valence-corrected chi connectivity index (χ3v) is 0. The van der Waals surface area contributed by atoms with Crippen molar-refractivity contribution in [2.75, 3.05) is 0 Å². The third kappa shape index (κ3) is 127. The van der Waals surface area contributed by atoms with Crippen LogP contribution in [-0.4, -0.2) is 65.3 Å². The molecule has 0 aromatic carbocycles. The molecule has 0 fully saturated rings. The molecular weight excluding hydrogens is 510 g/mol. The number of hydrogen-bond donors (Lipinski definition) is 2. The fourth-order valence-corrected chi connectivity index (χ4v) is 0. The average molecular weight is 516 g/mol. The summed E-state index contributed by atoms with van der Waals surface area (Å²) in [6.07, 6.45) is -1.83. The molecule has 3 nitrogen and oxygen atoms in total. The van der Waals surface area contributed by atoms with Gasteiger partial charge in [0.15, 0.2) is 0 Å². The molecule has 0 saturated carbocycles. The van der Waals surface area contributed by atoms with Crippen LogP contribution in [0, 0.1) is 0 Å². The minimum absolute atomic E-state index is 0. The zero-order valence-corrected chi connectivity index (χ0v) is 13.6. The molecule has 0 aromatic rings. The van der Waals surface area contributed by atoms with E-state index in [0.29, 0.717) is 0 Å². The van der Waals surface area contributed by atoms with E-state index in [4.69, 9.17) is 15.0 Å². The van der Waals surface area contributed by atoms with Crippen LogP contribution in [0.15, 0.2) is 0 Å². The third-order valence-electron chi connectivity index (χ3n) is 0. The van der Waals surface area contributed by atoms with Gasteiger partial charge in [-0.05, 0) is 0 Å². The number of rotatable bonds is 0. The fourth-order valence-electron chi connectivity index (χ4n) is 0. The van der Waals surface area contributed by atoms with Crippen LogP contribution in [0.2, 0.25) is 0 Å². The first-order chi connectivity index (χ1) is 2.73. The van der Waals surface area contributed by atoms with E-state index < -0.39 is 6.16 Å². The van der Waals surface area contributed by atoms with Gasteiger partial charge in [-0.3, -0.25) is 0 Å². The van der Waals surface area contributed by atoms with Gasteiger partial charge in [-0.1, -0.05) is 0 Å². The molecule has 7 heavy (non-hydrogen) atoms. The van der Waals surface area contributed by atoms with Crippen LogP contribution in [0.1, 0.15) is 0 Å². The molecule has 0 aliphatic rings. The molecule has 0 aliphatic carbocycles. The van der Waals surface area contributed by atoms with Crippen LogP contribution in [0.25, 0.3) is 0 Å². The second kappa shape index (κ2) is 15.7. The Bertz CT molecular complexity index is 44.2. The summed E-state index contributed by atoms with van der Waals surface area (Å²) in [5.41, 5.74) is 0. The van der Waals surface area contributed by atoms with Crippen LogP contribution >= 0.6 is 8.86 Å². The Morgan fingerprint density at radius 2 is 1.43 bits per heavy atom. The van der Waals surface area contributed by atoms with Crippen molar-refractivity contribution in [1.29, 1.82) is 0 Å². The zero-order valence-electron chi connectivity index (χ0n) is 3.42. The van der Waals surface area contributed by atoms with E-state index in [1.165, 1.54) is 0 Å². The van der Waals surface area contributed by atoms with E-state index in [2.05, 4.69) is 8.86 Å². The summed E-state index contributed by atoms with van der Waals surface area (Å²) in [4.78, 5) is 8.56. The van der Waals surface area contributed by atoms with Gasteiger partial charge in [-0.2, -0.15) is 0 Å². The van der Waals surface area contributed by atoms with Crippen molar-refractivity contribution in [3.8, 4) is 0 Å². The Morgan fingerprint density at radius 3 is 1.43 bits per heavy atom. The number of hydrogen-bond acceptors (Lipinski definition) is 2. The predicted octanol–water partition coefficient (Wildman–Crippen LogP) is -0.962. The zero-order chi connectivity index (χ0) is 5.58. The Morgan fingerprint density at radius 1 is 1.43 bits per heavy atom. The molecule has 44 valence electrons. The Kier molecular flexibility index (Phi) is 35.2. The van der Waals surface area contributed by atoms with Crippen molar-refractivity contribution in [3.05, 3.63) is 0 Å². The molecular formula is CH6Bi2O3S. The maximum atomic E-state index is 8.56. The van der Waals surface area contributed by atoms with E-state index in [1.807, 2.05) is 0 Å². The first kappa shape index (κ1) is 15.7. The molecule has 0 bridgehead atoms. The summed E-state index contributed by atoms with van der Waals surface area (Å²) in [5.74, 6) is 0. The Hall–Kier alpha value is 1.26. The van der Waals surface area contributed by atoms with Gasteiger partial charge >= 0.3 is 63.9 Å².